The van der Waals surface area contributed by atoms with E-state index in [1.165, 1.54) is 0 Å². The highest BCUT2D eigenvalue weighted by Crippen LogP contribution is 2.10. The average Bonchev–Trinajstić information content (AvgIpc) is 2.95. The van der Waals surface area contributed by atoms with Gasteiger partial charge in [-0.2, -0.15) is 0 Å². The molecule has 0 saturated carbocycles. The van der Waals surface area contributed by atoms with E-state index in [1.54, 1.807) is 23.5 Å². The number of hydrogen-bond donors (Lipinski definition) is 2. The minimum absolute atomic E-state index is 0.0560. The summed E-state index contributed by atoms with van der Waals surface area (Å²) in [6.07, 6.45) is 1.73. The number of benzene rings is 1. The van der Waals surface area contributed by atoms with Crippen LogP contribution in [-0.4, -0.2) is 17.4 Å². The number of aryl methyl sites for hydroxylation is 1. The fourth-order valence-corrected chi connectivity index (χ4v) is 2.60. The van der Waals surface area contributed by atoms with Gasteiger partial charge in [-0.05, 0) is 24.1 Å². The van der Waals surface area contributed by atoms with Crippen LogP contribution in [0.2, 0.25) is 0 Å². The summed E-state index contributed by atoms with van der Waals surface area (Å²) in [5, 5.41) is 6.11. The molecule has 0 unspecified atom stereocenters. The fraction of sp³-hybridized carbons (Fsp3) is 0.333. The molecular formula is C15H19N3OS. The normalized spacial score (nSPS) is 10.5. The molecule has 0 bridgehead atoms. The standard InChI is InChI=1S/C15H19N3OS/c1-2-14-18-13(10-20-14)7-8-17-15(19)12-5-3-11(9-16)4-6-12/h3-6,10H,2,7-9,16H2,1H3,(H,17,19). The van der Waals surface area contributed by atoms with Crippen LogP contribution in [0.3, 0.4) is 0 Å². The maximum absolute atomic E-state index is 11.9. The van der Waals surface area contributed by atoms with Crippen molar-refractivity contribution in [3.8, 4) is 0 Å². The molecule has 2 aromatic rings. The maximum Gasteiger partial charge on any atom is 0.251 e. The van der Waals surface area contributed by atoms with Gasteiger partial charge < -0.3 is 11.1 Å². The fourth-order valence-electron chi connectivity index (χ4n) is 1.82. The Labute approximate surface area is 123 Å². The summed E-state index contributed by atoms with van der Waals surface area (Å²) in [6.45, 7) is 3.19. The van der Waals surface area contributed by atoms with Gasteiger partial charge in [-0.15, -0.1) is 11.3 Å². The van der Waals surface area contributed by atoms with Crippen LogP contribution < -0.4 is 11.1 Å². The Kier molecular flexibility index (Phi) is 5.26. The summed E-state index contributed by atoms with van der Waals surface area (Å²) >= 11 is 1.67. The topological polar surface area (TPSA) is 68.0 Å². The maximum atomic E-state index is 11.9. The van der Waals surface area contributed by atoms with Crippen molar-refractivity contribution in [2.45, 2.75) is 26.3 Å². The number of nitrogens with one attached hydrogen (secondary N) is 1. The highest BCUT2D eigenvalue weighted by molar-refractivity contribution is 7.09. The molecule has 0 fully saturated rings. The van der Waals surface area contributed by atoms with Gasteiger partial charge in [0.2, 0.25) is 0 Å². The molecule has 0 aliphatic heterocycles. The Morgan fingerprint density at radius 2 is 2.10 bits per heavy atom. The largest absolute Gasteiger partial charge is 0.352 e. The lowest BCUT2D eigenvalue weighted by Crippen LogP contribution is -2.25. The highest BCUT2D eigenvalue weighted by Gasteiger charge is 2.05. The van der Waals surface area contributed by atoms with E-state index >= 15 is 0 Å². The molecule has 0 atom stereocenters. The van der Waals surface area contributed by atoms with Crippen LogP contribution in [0.5, 0.6) is 0 Å². The predicted octanol–water partition coefficient (Wildman–Crippen LogP) is 2.14. The van der Waals surface area contributed by atoms with Crippen molar-refractivity contribution >= 4 is 17.2 Å². The van der Waals surface area contributed by atoms with E-state index in [0.29, 0.717) is 18.7 Å². The van der Waals surface area contributed by atoms with Crippen LogP contribution in [-0.2, 0) is 19.4 Å². The van der Waals surface area contributed by atoms with E-state index in [0.717, 1.165) is 29.1 Å². The first-order valence-electron chi connectivity index (χ1n) is 6.73. The number of carbonyl (C=O) groups is 1. The van der Waals surface area contributed by atoms with E-state index in [9.17, 15) is 4.79 Å². The molecule has 106 valence electrons. The van der Waals surface area contributed by atoms with E-state index in [2.05, 4.69) is 22.6 Å². The van der Waals surface area contributed by atoms with Gasteiger partial charge in [-0.1, -0.05) is 19.1 Å². The molecule has 4 nitrogen and oxygen atoms in total. The SMILES string of the molecule is CCc1nc(CCNC(=O)c2ccc(CN)cc2)cs1. The Morgan fingerprint density at radius 1 is 1.35 bits per heavy atom. The number of thiazole rings is 1. The Morgan fingerprint density at radius 3 is 2.70 bits per heavy atom. The van der Waals surface area contributed by atoms with Gasteiger partial charge in [0.15, 0.2) is 0 Å². The zero-order valence-electron chi connectivity index (χ0n) is 11.6. The van der Waals surface area contributed by atoms with E-state index in [-0.39, 0.29) is 5.91 Å². The minimum atomic E-state index is -0.0560. The highest BCUT2D eigenvalue weighted by atomic mass is 32.1. The van der Waals surface area contributed by atoms with E-state index < -0.39 is 0 Å². The molecule has 0 spiro atoms. The zero-order chi connectivity index (χ0) is 14.4. The lowest BCUT2D eigenvalue weighted by molar-refractivity contribution is 0.0954. The molecule has 0 saturated heterocycles. The molecule has 0 aliphatic carbocycles. The quantitative estimate of drug-likeness (QED) is 0.856. The number of amides is 1. The molecular weight excluding hydrogens is 270 g/mol. The first-order chi connectivity index (χ1) is 9.72. The molecule has 1 aromatic heterocycles. The molecule has 1 aromatic carbocycles. The van der Waals surface area contributed by atoms with Crippen molar-refractivity contribution < 1.29 is 4.79 Å². The van der Waals surface area contributed by atoms with Gasteiger partial charge in [-0.3, -0.25) is 4.79 Å². The molecule has 1 amide bonds. The number of aromatic nitrogens is 1. The number of nitrogens with two attached hydrogens (primary N) is 1. The molecule has 1 heterocycles. The van der Waals surface area contributed by atoms with Gasteiger partial charge in [0.05, 0.1) is 10.7 Å². The third kappa shape index (κ3) is 3.88. The van der Waals surface area contributed by atoms with Crippen LogP contribution >= 0.6 is 11.3 Å². The minimum Gasteiger partial charge on any atom is -0.352 e. The van der Waals surface area contributed by atoms with Crippen molar-refractivity contribution in [1.29, 1.82) is 0 Å². The summed E-state index contributed by atoms with van der Waals surface area (Å²) in [5.41, 5.74) is 8.26. The van der Waals surface area contributed by atoms with Crippen LogP contribution in [0.15, 0.2) is 29.6 Å². The van der Waals surface area contributed by atoms with Crippen LogP contribution in [0.4, 0.5) is 0 Å². The lowest BCUT2D eigenvalue weighted by atomic mass is 10.1. The number of carbonyl (C=O) groups excluding carboxylic acids is 1. The number of nitrogens with zero attached hydrogens (tertiary/aromatic N) is 1. The lowest BCUT2D eigenvalue weighted by Gasteiger charge is -2.05. The van der Waals surface area contributed by atoms with Crippen LogP contribution in [0.25, 0.3) is 0 Å². The van der Waals surface area contributed by atoms with Gasteiger partial charge >= 0.3 is 0 Å². The Bertz CT molecular complexity index is 563. The summed E-state index contributed by atoms with van der Waals surface area (Å²) in [6, 6.07) is 7.36. The van der Waals surface area contributed by atoms with E-state index in [4.69, 9.17) is 5.73 Å². The van der Waals surface area contributed by atoms with Crippen molar-refractivity contribution in [3.63, 3.8) is 0 Å². The molecule has 20 heavy (non-hydrogen) atoms. The Balaban J connectivity index is 1.82. The van der Waals surface area contributed by atoms with Crippen molar-refractivity contribution in [3.05, 3.63) is 51.5 Å². The van der Waals surface area contributed by atoms with E-state index in [1.807, 2.05) is 12.1 Å². The van der Waals surface area contributed by atoms with Gasteiger partial charge in [-0.25, -0.2) is 4.98 Å². The van der Waals surface area contributed by atoms with Crippen LogP contribution in [0.1, 0.15) is 33.5 Å². The van der Waals surface area contributed by atoms with Crippen molar-refractivity contribution in [2.75, 3.05) is 6.54 Å². The predicted molar refractivity (Wildman–Crippen MR) is 81.9 cm³/mol. The first-order valence-corrected chi connectivity index (χ1v) is 7.61. The van der Waals surface area contributed by atoms with Gasteiger partial charge in [0.25, 0.3) is 5.91 Å². The van der Waals surface area contributed by atoms with Crippen molar-refractivity contribution in [2.24, 2.45) is 5.73 Å². The second kappa shape index (κ2) is 7.17. The van der Waals surface area contributed by atoms with Crippen molar-refractivity contribution in [1.82, 2.24) is 10.3 Å². The zero-order valence-corrected chi connectivity index (χ0v) is 12.4. The monoisotopic (exact) mass is 289 g/mol. The molecule has 0 aliphatic rings. The molecule has 5 heteroatoms. The summed E-state index contributed by atoms with van der Waals surface area (Å²) in [7, 11) is 0. The second-order valence-electron chi connectivity index (χ2n) is 4.49. The second-order valence-corrected chi connectivity index (χ2v) is 5.44. The molecule has 2 rings (SSSR count). The average molecular weight is 289 g/mol. The third-order valence-electron chi connectivity index (χ3n) is 3.02. The smallest absolute Gasteiger partial charge is 0.251 e. The first kappa shape index (κ1) is 14.7. The Hall–Kier alpha value is -1.72. The third-order valence-corrected chi connectivity index (χ3v) is 4.06. The molecule has 0 radical (unpaired) electrons. The summed E-state index contributed by atoms with van der Waals surface area (Å²) in [5.74, 6) is -0.0560. The summed E-state index contributed by atoms with van der Waals surface area (Å²) < 4.78 is 0. The number of rotatable bonds is 6. The van der Waals surface area contributed by atoms with Crippen LogP contribution in [0, 0.1) is 0 Å². The van der Waals surface area contributed by atoms with Gasteiger partial charge in [0.1, 0.15) is 0 Å². The number of hydrogen-bond acceptors (Lipinski definition) is 4. The van der Waals surface area contributed by atoms with Gasteiger partial charge in [0, 0.05) is 30.5 Å². The summed E-state index contributed by atoms with van der Waals surface area (Å²) in [4.78, 5) is 16.4. The molecule has 3 N–H and O–H groups in total.